The van der Waals surface area contributed by atoms with Crippen LogP contribution in [0.1, 0.15) is 29.4 Å². The van der Waals surface area contributed by atoms with E-state index in [1.807, 2.05) is 31.2 Å². The van der Waals surface area contributed by atoms with Gasteiger partial charge in [-0.25, -0.2) is 9.67 Å². The number of hydrogen-bond acceptors (Lipinski definition) is 4. The van der Waals surface area contributed by atoms with Crippen LogP contribution in [0.2, 0.25) is 5.02 Å². The van der Waals surface area contributed by atoms with Gasteiger partial charge in [-0.05, 0) is 31.5 Å². The third-order valence-electron chi connectivity index (χ3n) is 2.89. The lowest BCUT2D eigenvalue weighted by Crippen LogP contribution is -2.10. The average molecular weight is 312 g/mol. The van der Waals surface area contributed by atoms with Crippen molar-refractivity contribution in [1.29, 1.82) is 0 Å². The molecule has 1 heterocycles. The summed E-state index contributed by atoms with van der Waals surface area (Å²) in [4.78, 5) is 4.45. The van der Waals surface area contributed by atoms with E-state index in [2.05, 4.69) is 17.0 Å². The Kier molecular flexibility index (Phi) is 5.46. The predicted octanol–water partition coefficient (Wildman–Crippen LogP) is 3.23. The normalized spacial score (nSPS) is 12.6. The predicted molar refractivity (Wildman–Crippen MR) is 83.0 cm³/mol. The molecule has 1 atom stereocenters. The van der Waals surface area contributed by atoms with Crippen molar-refractivity contribution in [2.24, 2.45) is 0 Å². The number of aliphatic hydroxyl groups excluding tert-OH is 1. The van der Waals surface area contributed by atoms with Gasteiger partial charge in [-0.2, -0.15) is 5.10 Å². The van der Waals surface area contributed by atoms with E-state index < -0.39 is 0 Å². The highest BCUT2D eigenvalue weighted by Crippen LogP contribution is 2.30. The van der Waals surface area contributed by atoms with Crippen molar-refractivity contribution >= 4 is 23.4 Å². The van der Waals surface area contributed by atoms with Crippen molar-refractivity contribution in [3.8, 4) is 0 Å². The van der Waals surface area contributed by atoms with E-state index in [9.17, 15) is 0 Å². The number of halogens is 1. The fraction of sp³-hybridized carbons (Fsp3) is 0.429. The quantitative estimate of drug-likeness (QED) is 0.890. The van der Waals surface area contributed by atoms with Gasteiger partial charge in [0, 0.05) is 10.8 Å². The van der Waals surface area contributed by atoms with Crippen LogP contribution in [-0.4, -0.2) is 26.5 Å². The molecule has 0 aliphatic rings. The molecule has 20 heavy (non-hydrogen) atoms. The van der Waals surface area contributed by atoms with Crippen molar-refractivity contribution in [2.45, 2.75) is 31.4 Å². The molecule has 0 amide bonds. The maximum atomic E-state index is 9.06. The van der Waals surface area contributed by atoms with Crippen LogP contribution in [0.4, 0.5) is 0 Å². The van der Waals surface area contributed by atoms with E-state index in [0.717, 1.165) is 22.4 Å². The van der Waals surface area contributed by atoms with Crippen molar-refractivity contribution in [3.05, 3.63) is 46.5 Å². The number of benzene rings is 1. The Morgan fingerprint density at radius 1 is 1.35 bits per heavy atom. The molecule has 0 aliphatic heterocycles. The number of nitrogens with zero attached hydrogens (tertiary/aromatic N) is 3. The third-order valence-corrected chi connectivity index (χ3v) is 4.36. The second kappa shape index (κ2) is 7.11. The Morgan fingerprint density at radius 3 is 2.70 bits per heavy atom. The minimum absolute atomic E-state index is 0.0738. The summed E-state index contributed by atoms with van der Waals surface area (Å²) >= 11 is 7.67. The first-order valence-electron chi connectivity index (χ1n) is 6.48. The summed E-state index contributed by atoms with van der Waals surface area (Å²) in [7, 11) is 0. The van der Waals surface area contributed by atoms with Crippen molar-refractivity contribution in [3.63, 3.8) is 0 Å². The lowest BCUT2D eigenvalue weighted by atomic mass is 10.2. The molecule has 1 aromatic heterocycles. The van der Waals surface area contributed by atoms with Gasteiger partial charge in [-0.1, -0.05) is 23.7 Å². The summed E-state index contributed by atoms with van der Waals surface area (Å²) in [6, 6.07) is 7.87. The maximum absolute atomic E-state index is 9.06. The van der Waals surface area contributed by atoms with Gasteiger partial charge in [0.1, 0.15) is 11.6 Å². The summed E-state index contributed by atoms with van der Waals surface area (Å²) in [5.41, 5.74) is 1.23. The highest BCUT2D eigenvalue weighted by atomic mass is 35.5. The van der Waals surface area contributed by atoms with E-state index in [-0.39, 0.29) is 11.9 Å². The van der Waals surface area contributed by atoms with Crippen LogP contribution in [0.25, 0.3) is 0 Å². The fourth-order valence-electron chi connectivity index (χ4n) is 1.91. The number of hydrogen-bond donors (Lipinski definition) is 1. The summed E-state index contributed by atoms with van der Waals surface area (Å²) in [5.74, 6) is 2.55. The molecule has 0 spiro atoms. The van der Waals surface area contributed by atoms with Crippen molar-refractivity contribution in [2.75, 3.05) is 6.61 Å². The zero-order chi connectivity index (χ0) is 14.5. The molecule has 0 aliphatic carbocycles. The monoisotopic (exact) mass is 311 g/mol. The molecule has 108 valence electrons. The second-order valence-corrected chi connectivity index (χ2v) is 6.31. The fourth-order valence-corrected chi connectivity index (χ4v) is 2.99. The standard InChI is InChI=1S/C14H18ClN3OS/c1-10(14-16-11(2)17-18(14)7-8-19)20-9-12-3-5-13(15)6-4-12/h3-6,10,19H,7-9H2,1-2H3. The van der Waals surface area contributed by atoms with Gasteiger partial charge >= 0.3 is 0 Å². The first-order valence-corrected chi connectivity index (χ1v) is 7.91. The van der Waals surface area contributed by atoms with E-state index in [1.165, 1.54) is 5.56 Å². The molecule has 0 radical (unpaired) electrons. The molecule has 1 unspecified atom stereocenters. The first kappa shape index (κ1) is 15.4. The van der Waals surface area contributed by atoms with Crippen LogP contribution < -0.4 is 0 Å². The zero-order valence-corrected chi connectivity index (χ0v) is 13.2. The third kappa shape index (κ3) is 3.98. The summed E-state index contributed by atoms with van der Waals surface area (Å²) in [5, 5.41) is 14.3. The average Bonchev–Trinajstić information content (AvgIpc) is 2.79. The summed E-state index contributed by atoms with van der Waals surface area (Å²) < 4.78 is 1.79. The van der Waals surface area contributed by atoms with Gasteiger partial charge in [0.15, 0.2) is 0 Å². The maximum Gasteiger partial charge on any atom is 0.147 e. The van der Waals surface area contributed by atoms with E-state index in [0.29, 0.717) is 6.54 Å². The molecule has 1 N–H and O–H groups in total. The number of rotatable bonds is 6. The van der Waals surface area contributed by atoms with Crippen LogP contribution in [0.3, 0.4) is 0 Å². The molecule has 6 heteroatoms. The molecule has 0 bridgehead atoms. The molecule has 2 aromatic rings. The lowest BCUT2D eigenvalue weighted by molar-refractivity contribution is 0.267. The molecule has 0 saturated heterocycles. The topological polar surface area (TPSA) is 50.9 Å². The van der Waals surface area contributed by atoms with Gasteiger partial charge in [0.05, 0.1) is 18.4 Å². The Hall–Kier alpha value is -1.04. The summed E-state index contributed by atoms with van der Waals surface area (Å²) in [6.45, 7) is 4.54. The van der Waals surface area contributed by atoms with Gasteiger partial charge < -0.3 is 5.11 Å². The molecule has 2 rings (SSSR count). The number of aryl methyl sites for hydroxylation is 1. The van der Waals surface area contributed by atoms with Crippen molar-refractivity contribution < 1.29 is 5.11 Å². The first-order chi connectivity index (χ1) is 9.60. The molecule has 0 saturated carbocycles. The minimum atomic E-state index is 0.0738. The minimum Gasteiger partial charge on any atom is -0.394 e. The Balaban J connectivity index is 2.00. The van der Waals surface area contributed by atoms with Crippen LogP contribution in [0, 0.1) is 6.92 Å². The van der Waals surface area contributed by atoms with Gasteiger partial charge in [-0.15, -0.1) is 11.8 Å². The van der Waals surface area contributed by atoms with E-state index in [4.69, 9.17) is 16.7 Å². The number of aliphatic hydroxyl groups is 1. The Bertz CT molecular complexity index is 556. The van der Waals surface area contributed by atoms with Gasteiger partial charge in [-0.3, -0.25) is 0 Å². The largest absolute Gasteiger partial charge is 0.394 e. The highest BCUT2D eigenvalue weighted by molar-refractivity contribution is 7.98. The molecular weight excluding hydrogens is 294 g/mol. The van der Waals surface area contributed by atoms with E-state index >= 15 is 0 Å². The molecule has 4 nitrogen and oxygen atoms in total. The van der Waals surface area contributed by atoms with E-state index in [1.54, 1.807) is 16.4 Å². The van der Waals surface area contributed by atoms with Gasteiger partial charge in [0.2, 0.25) is 0 Å². The van der Waals surface area contributed by atoms with Gasteiger partial charge in [0.25, 0.3) is 0 Å². The highest BCUT2D eigenvalue weighted by Gasteiger charge is 2.15. The Labute approximate surface area is 128 Å². The lowest BCUT2D eigenvalue weighted by Gasteiger charge is -2.12. The molecule has 1 aromatic carbocycles. The summed E-state index contributed by atoms with van der Waals surface area (Å²) in [6.07, 6.45) is 0. The van der Waals surface area contributed by atoms with Crippen LogP contribution in [0.5, 0.6) is 0 Å². The van der Waals surface area contributed by atoms with Crippen LogP contribution in [0.15, 0.2) is 24.3 Å². The number of aromatic nitrogens is 3. The number of thioether (sulfide) groups is 1. The zero-order valence-electron chi connectivity index (χ0n) is 11.6. The smallest absolute Gasteiger partial charge is 0.147 e. The van der Waals surface area contributed by atoms with Crippen LogP contribution >= 0.6 is 23.4 Å². The van der Waals surface area contributed by atoms with Crippen molar-refractivity contribution in [1.82, 2.24) is 14.8 Å². The molecular formula is C14H18ClN3OS. The second-order valence-electron chi connectivity index (χ2n) is 4.54. The van der Waals surface area contributed by atoms with Crippen LogP contribution in [-0.2, 0) is 12.3 Å². The molecule has 0 fully saturated rings. The SMILES string of the molecule is Cc1nc(C(C)SCc2ccc(Cl)cc2)n(CCO)n1. The Morgan fingerprint density at radius 2 is 2.05 bits per heavy atom.